The molecule has 2 nitrogen and oxygen atoms in total. The number of hydrogen-bond donors (Lipinski definition) is 1. The third kappa shape index (κ3) is 3.92. The molecule has 0 fully saturated rings. The largest absolute Gasteiger partial charge is 0.434 e. The second kappa shape index (κ2) is 5.56. The van der Waals surface area contributed by atoms with Gasteiger partial charge in [0.2, 0.25) is 0 Å². The van der Waals surface area contributed by atoms with Crippen LogP contribution in [0.1, 0.15) is 11.3 Å². The third-order valence-corrected chi connectivity index (χ3v) is 3.20. The van der Waals surface area contributed by atoms with E-state index in [9.17, 15) is 17.6 Å². The number of nitrogens with one attached hydrogen (secondary N) is 1. The van der Waals surface area contributed by atoms with Gasteiger partial charge in [0, 0.05) is 11.9 Å². The third-order valence-electron chi connectivity index (χ3n) is 2.40. The number of alkyl halides is 3. The predicted octanol–water partition coefficient (Wildman–Crippen LogP) is 3.96. The van der Waals surface area contributed by atoms with Gasteiger partial charge >= 0.3 is 6.18 Å². The zero-order valence-corrected chi connectivity index (χ0v) is 10.5. The average molecular weight is 290 g/mol. The lowest BCUT2D eigenvalue weighted by Gasteiger charge is -2.03. The minimum Gasteiger partial charge on any atom is -0.361 e. The Balaban J connectivity index is 1.86. The second-order valence-corrected chi connectivity index (χ2v) is 4.70. The van der Waals surface area contributed by atoms with Crippen LogP contribution in [0.25, 0.3) is 0 Å². The predicted molar refractivity (Wildman–Crippen MR) is 65.7 cm³/mol. The van der Waals surface area contributed by atoms with Crippen molar-refractivity contribution in [2.45, 2.75) is 12.6 Å². The van der Waals surface area contributed by atoms with Crippen LogP contribution in [-0.4, -0.2) is 11.5 Å². The Labute approximate surface area is 111 Å². The van der Waals surface area contributed by atoms with E-state index in [1.54, 1.807) is 12.1 Å². The van der Waals surface area contributed by atoms with Crippen molar-refractivity contribution in [3.8, 4) is 0 Å². The standard InChI is InChI=1S/C12H10F4N2S/c13-9-3-1-8(2-4-9)5-6-17-11-18-10(7-19-11)12(14,15)16/h1-4,7H,5-6H2,(H,17,18). The summed E-state index contributed by atoms with van der Waals surface area (Å²) in [6.45, 7) is 0.441. The molecule has 0 amide bonds. The Morgan fingerprint density at radius 3 is 2.42 bits per heavy atom. The molecule has 1 heterocycles. The second-order valence-electron chi connectivity index (χ2n) is 3.84. The topological polar surface area (TPSA) is 24.9 Å². The van der Waals surface area contributed by atoms with Crippen molar-refractivity contribution >= 4 is 16.5 Å². The fourth-order valence-corrected chi connectivity index (χ4v) is 2.20. The molecule has 1 aromatic heterocycles. The van der Waals surface area contributed by atoms with Gasteiger partial charge in [0.25, 0.3) is 0 Å². The van der Waals surface area contributed by atoms with Crippen LogP contribution >= 0.6 is 11.3 Å². The molecule has 2 rings (SSSR count). The van der Waals surface area contributed by atoms with E-state index in [4.69, 9.17) is 0 Å². The molecule has 1 N–H and O–H groups in total. The van der Waals surface area contributed by atoms with Gasteiger partial charge in [-0.15, -0.1) is 11.3 Å². The summed E-state index contributed by atoms with van der Waals surface area (Å²) in [5.74, 6) is -0.313. The summed E-state index contributed by atoms with van der Waals surface area (Å²) < 4.78 is 49.6. The monoisotopic (exact) mass is 290 g/mol. The first-order valence-electron chi connectivity index (χ1n) is 5.46. The molecule has 0 aliphatic carbocycles. The normalized spacial score (nSPS) is 11.6. The lowest BCUT2D eigenvalue weighted by Crippen LogP contribution is -2.07. The van der Waals surface area contributed by atoms with E-state index >= 15 is 0 Å². The Kier molecular flexibility index (Phi) is 4.04. The highest BCUT2D eigenvalue weighted by atomic mass is 32.1. The minimum atomic E-state index is -4.41. The Hall–Kier alpha value is -1.63. The number of rotatable bonds is 4. The van der Waals surface area contributed by atoms with Gasteiger partial charge < -0.3 is 5.32 Å². The van der Waals surface area contributed by atoms with Crippen molar-refractivity contribution < 1.29 is 17.6 Å². The highest BCUT2D eigenvalue weighted by Gasteiger charge is 2.33. The molecule has 0 unspecified atom stereocenters. The van der Waals surface area contributed by atoms with Gasteiger partial charge in [-0.25, -0.2) is 9.37 Å². The highest BCUT2D eigenvalue weighted by Crippen LogP contribution is 2.31. The minimum absolute atomic E-state index is 0.231. The molecule has 0 saturated carbocycles. The molecule has 0 radical (unpaired) electrons. The fraction of sp³-hybridized carbons (Fsp3) is 0.250. The molecule has 0 atom stereocenters. The van der Waals surface area contributed by atoms with Crippen LogP contribution in [0.2, 0.25) is 0 Å². The number of halogens is 4. The van der Waals surface area contributed by atoms with Crippen molar-refractivity contribution in [1.82, 2.24) is 4.98 Å². The van der Waals surface area contributed by atoms with Crippen molar-refractivity contribution in [1.29, 1.82) is 0 Å². The first kappa shape index (κ1) is 13.8. The first-order valence-corrected chi connectivity index (χ1v) is 6.34. The lowest BCUT2D eigenvalue weighted by molar-refractivity contribution is -0.140. The maximum Gasteiger partial charge on any atom is 0.434 e. The summed E-state index contributed by atoms with van der Waals surface area (Å²) >= 11 is 0.912. The van der Waals surface area contributed by atoms with Crippen LogP contribution < -0.4 is 5.32 Å². The maximum absolute atomic E-state index is 12.7. The van der Waals surface area contributed by atoms with Crippen LogP contribution in [0.4, 0.5) is 22.7 Å². The molecule has 102 valence electrons. The fourth-order valence-electron chi connectivity index (χ4n) is 1.45. The quantitative estimate of drug-likeness (QED) is 0.862. The summed E-state index contributed by atoms with van der Waals surface area (Å²) in [6.07, 6.45) is -3.82. The zero-order valence-electron chi connectivity index (χ0n) is 9.67. The van der Waals surface area contributed by atoms with Gasteiger partial charge in [-0.05, 0) is 24.1 Å². The molecule has 7 heteroatoms. The number of nitrogens with zero attached hydrogens (tertiary/aromatic N) is 1. The van der Waals surface area contributed by atoms with Crippen molar-refractivity contribution in [2.75, 3.05) is 11.9 Å². The summed E-state index contributed by atoms with van der Waals surface area (Å²) in [6, 6.07) is 5.97. The smallest absolute Gasteiger partial charge is 0.361 e. The van der Waals surface area contributed by atoms with Crippen molar-refractivity contribution in [2.24, 2.45) is 0 Å². The van der Waals surface area contributed by atoms with E-state index in [-0.39, 0.29) is 10.9 Å². The Morgan fingerprint density at radius 2 is 1.84 bits per heavy atom. The van der Waals surface area contributed by atoms with E-state index in [0.29, 0.717) is 13.0 Å². The number of anilines is 1. The Bertz CT molecular complexity index is 533. The average Bonchev–Trinajstić information content (AvgIpc) is 2.80. The molecule has 0 aliphatic heterocycles. The lowest BCUT2D eigenvalue weighted by atomic mass is 10.1. The summed E-state index contributed by atoms with van der Waals surface area (Å²) in [5, 5.41) is 4.02. The molecule has 1 aromatic carbocycles. The van der Waals surface area contributed by atoms with E-state index in [1.807, 2.05) is 0 Å². The SMILES string of the molecule is Fc1ccc(CCNc2nc(C(F)(F)F)cs2)cc1. The van der Waals surface area contributed by atoms with Crippen molar-refractivity contribution in [3.63, 3.8) is 0 Å². The van der Waals surface area contributed by atoms with Crippen LogP contribution in [0.5, 0.6) is 0 Å². The van der Waals surface area contributed by atoms with Gasteiger partial charge in [0.15, 0.2) is 10.8 Å². The molecule has 0 spiro atoms. The van der Waals surface area contributed by atoms with E-state index in [2.05, 4.69) is 10.3 Å². The van der Waals surface area contributed by atoms with Gasteiger partial charge in [-0.2, -0.15) is 13.2 Å². The molecule has 19 heavy (non-hydrogen) atoms. The number of thiazole rings is 1. The summed E-state index contributed by atoms with van der Waals surface area (Å²) in [7, 11) is 0. The van der Waals surface area contributed by atoms with Gasteiger partial charge in [-0.1, -0.05) is 12.1 Å². The first-order chi connectivity index (χ1) is 8.95. The van der Waals surface area contributed by atoms with Gasteiger partial charge in [0.05, 0.1) is 0 Å². The Morgan fingerprint density at radius 1 is 1.16 bits per heavy atom. The molecular formula is C12H10F4N2S. The van der Waals surface area contributed by atoms with Crippen LogP contribution in [-0.2, 0) is 12.6 Å². The van der Waals surface area contributed by atoms with E-state index < -0.39 is 11.9 Å². The zero-order chi connectivity index (χ0) is 13.9. The highest BCUT2D eigenvalue weighted by molar-refractivity contribution is 7.13. The molecule has 0 aliphatic rings. The number of hydrogen-bond acceptors (Lipinski definition) is 3. The summed E-state index contributed by atoms with van der Waals surface area (Å²) in [4.78, 5) is 3.45. The van der Waals surface area contributed by atoms with Gasteiger partial charge in [0.1, 0.15) is 5.82 Å². The molecule has 0 bridgehead atoms. The van der Waals surface area contributed by atoms with Gasteiger partial charge in [-0.3, -0.25) is 0 Å². The summed E-state index contributed by atoms with van der Waals surface area (Å²) in [5.41, 5.74) is 0.0169. The molecule has 2 aromatic rings. The van der Waals surface area contributed by atoms with E-state index in [0.717, 1.165) is 22.3 Å². The molecular weight excluding hydrogens is 280 g/mol. The number of benzene rings is 1. The van der Waals surface area contributed by atoms with Crippen LogP contribution in [0, 0.1) is 5.82 Å². The maximum atomic E-state index is 12.7. The van der Waals surface area contributed by atoms with Crippen LogP contribution in [0.15, 0.2) is 29.6 Å². The molecule has 0 saturated heterocycles. The van der Waals surface area contributed by atoms with Crippen LogP contribution in [0.3, 0.4) is 0 Å². The van der Waals surface area contributed by atoms with E-state index in [1.165, 1.54) is 12.1 Å². The number of aromatic nitrogens is 1. The van der Waals surface area contributed by atoms with Crippen molar-refractivity contribution in [3.05, 3.63) is 46.7 Å².